The quantitative estimate of drug-likeness (QED) is 0.754. The normalized spacial score (nSPS) is 16.0. The number of aliphatic hydroxyl groups excluding tert-OH is 1. The third-order valence-electron chi connectivity index (χ3n) is 1.92. The van der Waals surface area contributed by atoms with Crippen LogP contribution in [0.5, 0.6) is 0 Å². The van der Waals surface area contributed by atoms with E-state index in [9.17, 15) is 5.11 Å². The highest BCUT2D eigenvalue weighted by molar-refractivity contribution is 7.12. The highest BCUT2D eigenvalue weighted by Crippen LogP contribution is 2.24. The van der Waals surface area contributed by atoms with Crippen LogP contribution in [0.4, 0.5) is 0 Å². The number of hydrogen-bond acceptors (Lipinski definition) is 3. The van der Waals surface area contributed by atoms with Gasteiger partial charge in [0, 0.05) is 9.75 Å². The molecule has 1 aromatic rings. The summed E-state index contributed by atoms with van der Waals surface area (Å²) < 4.78 is 0. The maximum atomic E-state index is 9.47. The van der Waals surface area contributed by atoms with Crippen LogP contribution in [0.25, 0.3) is 0 Å². The largest absolute Gasteiger partial charge is 0.391 e. The molecular formula is C9H15NOS. The van der Waals surface area contributed by atoms with Crippen molar-refractivity contribution in [2.24, 2.45) is 5.73 Å². The van der Waals surface area contributed by atoms with Crippen molar-refractivity contribution in [2.75, 3.05) is 0 Å². The predicted molar refractivity (Wildman–Crippen MR) is 52.3 cm³/mol. The van der Waals surface area contributed by atoms with Crippen molar-refractivity contribution in [3.8, 4) is 0 Å². The molecular weight excluding hydrogens is 170 g/mol. The van der Waals surface area contributed by atoms with Crippen molar-refractivity contribution in [3.63, 3.8) is 0 Å². The lowest BCUT2D eigenvalue weighted by Crippen LogP contribution is -2.24. The Bertz CT molecular complexity index is 246. The average Bonchev–Trinajstić information content (AvgIpc) is 2.49. The fourth-order valence-corrected chi connectivity index (χ4v) is 2.01. The van der Waals surface area contributed by atoms with E-state index in [1.54, 1.807) is 11.3 Å². The van der Waals surface area contributed by atoms with Crippen LogP contribution in [-0.4, -0.2) is 11.2 Å². The molecule has 0 spiro atoms. The van der Waals surface area contributed by atoms with Gasteiger partial charge in [-0.3, -0.25) is 0 Å². The van der Waals surface area contributed by atoms with Crippen LogP contribution in [0.15, 0.2) is 12.1 Å². The summed E-state index contributed by atoms with van der Waals surface area (Å²) >= 11 is 1.65. The van der Waals surface area contributed by atoms with Crippen molar-refractivity contribution in [1.29, 1.82) is 0 Å². The summed E-state index contributed by atoms with van der Waals surface area (Å²) in [6, 6.07) is 3.81. The lowest BCUT2D eigenvalue weighted by atomic mass is 10.1. The summed E-state index contributed by atoms with van der Waals surface area (Å²) in [6.07, 6.45) is 0.293. The first-order valence-electron chi connectivity index (χ1n) is 4.15. The summed E-state index contributed by atoms with van der Waals surface area (Å²) in [5.74, 6) is 0. The van der Waals surface area contributed by atoms with Crippen LogP contribution in [0.1, 0.15) is 29.1 Å². The molecule has 1 aromatic heterocycles. The topological polar surface area (TPSA) is 46.2 Å². The molecule has 2 nitrogen and oxygen atoms in total. The zero-order chi connectivity index (χ0) is 9.14. The van der Waals surface area contributed by atoms with Crippen LogP contribution in [0, 0.1) is 6.92 Å². The lowest BCUT2D eigenvalue weighted by Gasteiger charge is -2.14. The minimum atomic E-state index is -0.414. The molecule has 2 unspecified atom stereocenters. The maximum absolute atomic E-state index is 9.47. The van der Waals surface area contributed by atoms with E-state index in [1.807, 2.05) is 26.0 Å². The molecule has 12 heavy (non-hydrogen) atoms. The van der Waals surface area contributed by atoms with Crippen LogP contribution >= 0.6 is 11.3 Å². The fourth-order valence-electron chi connectivity index (χ4n) is 1.08. The first-order chi connectivity index (χ1) is 5.65. The molecule has 0 aliphatic carbocycles. The SMILES string of the molecule is CCC(O)C(N)c1ccc(C)s1. The highest BCUT2D eigenvalue weighted by Gasteiger charge is 2.15. The molecule has 0 aromatic carbocycles. The van der Waals surface area contributed by atoms with Gasteiger partial charge < -0.3 is 10.8 Å². The second kappa shape index (κ2) is 4.03. The highest BCUT2D eigenvalue weighted by atomic mass is 32.1. The number of hydrogen-bond donors (Lipinski definition) is 2. The van der Waals surface area contributed by atoms with E-state index in [2.05, 4.69) is 0 Å². The Kier molecular flexibility index (Phi) is 3.26. The van der Waals surface area contributed by atoms with E-state index < -0.39 is 6.10 Å². The number of thiophene rings is 1. The van der Waals surface area contributed by atoms with Crippen molar-refractivity contribution in [2.45, 2.75) is 32.4 Å². The molecule has 0 aliphatic heterocycles. The van der Waals surface area contributed by atoms with Gasteiger partial charge in [-0.1, -0.05) is 6.92 Å². The average molecular weight is 185 g/mol. The van der Waals surface area contributed by atoms with E-state index in [1.165, 1.54) is 4.88 Å². The zero-order valence-electron chi connectivity index (χ0n) is 7.45. The molecule has 3 N–H and O–H groups in total. The van der Waals surface area contributed by atoms with Gasteiger partial charge in [-0.15, -0.1) is 11.3 Å². The Balaban J connectivity index is 2.70. The molecule has 0 aliphatic rings. The number of aryl methyl sites for hydroxylation is 1. The Morgan fingerprint density at radius 2 is 2.25 bits per heavy atom. The van der Waals surface area contributed by atoms with Gasteiger partial charge in [0.2, 0.25) is 0 Å². The van der Waals surface area contributed by atoms with Crippen molar-refractivity contribution in [1.82, 2.24) is 0 Å². The monoisotopic (exact) mass is 185 g/mol. The molecule has 0 saturated heterocycles. The van der Waals surface area contributed by atoms with Crippen LogP contribution in [-0.2, 0) is 0 Å². The van der Waals surface area contributed by atoms with Gasteiger partial charge in [0.15, 0.2) is 0 Å². The Morgan fingerprint density at radius 1 is 1.58 bits per heavy atom. The fraction of sp³-hybridized carbons (Fsp3) is 0.556. The standard InChI is InChI=1S/C9H15NOS/c1-3-7(11)9(10)8-5-4-6(2)12-8/h4-5,7,9,11H,3,10H2,1-2H3. The van der Waals surface area contributed by atoms with E-state index in [0.29, 0.717) is 6.42 Å². The minimum absolute atomic E-state index is 0.214. The first-order valence-corrected chi connectivity index (χ1v) is 4.96. The van der Waals surface area contributed by atoms with Crippen molar-refractivity contribution in [3.05, 3.63) is 21.9 Å². The van der Waals surface area contributed by atoms with Crippen LogP contribution in [0.3, 0.4) is 0 Å². The third-order valence-corrected chi connectivity index (χ3v) is 3.02. The predicted octanol–water partition coefficient (Wildman–Crippen LogP) is 1.83. The molecule has 0 amide bonds. The smallest absolute Gasteiger partial charge is 0.0738 e. The third kappa shape index (κ3) is 2.06. The lowest BCUT2D eigenvalue weighted by molar-refractivity contribution is 0.142. The molecule has 0 radical (unpaired) electrons. The van der Waals surface area contributed by atoms with Gasteiger partial charge in [-0.25, -0.2) is 0 Å². The molecule has 2 atom stereocenters. The van der Waals surface area contributed by atoms with Crippen LogP contribution < -0.4 is 5.73 Å². The summed E-state index contributed by atoms with van der Waals surface area (Å²) in [4.78, 5) is 2.31. The van der Waals surface area contributed by atoms with Gasteiger partial charge in [0.05, 0.1) is 12.1 Å². The first kappa shape index (κ1) is 9.71. The Hall–Kier alpha value is -0.380. The van der Waals surface area contributed by atoms with Crippen LogP contribution in [0.2, 0.25) is 0 Å². The van der Waals surface area contributed by atoms with Gasteiger partial charge in [-0.05, 0) is 25.5 Å². The van der Waals surface area contributed by atoms with E-state index in [0.717, 1.165) is 4.88 Å². The van der Waals surface area contributed by atoms with E-state index in [-0.39, 0.29) is 6.04 Å². The Morgan fingerprint density at radius 3 is 2.67 bits per heavy atom. The van der Waals surface area contributed by atoms with Gasteiger partial charge >= 0.3 is 0 Å². The molecule has 68 valence electrons. The number of aliphatic hydroxyl groups is 1. The summed E-state index contributed by atoms with van der Waals surface area (Å²) in [5.41, 5.74) is 5.82. The molecule has 3 heteroatoms. The summed E-state index contributed by atoms with van der Waals surface area (Å²) in [6.45, 7) is 3.98. The van der Waals surface area contributed by atoms with Gasteiger partial charge in [0.1, 0.15) is 0 Å². The Labute approximate surface area is 77.0 Å². The molecule has 0 fully saturated rings. The summed E-state index contributed by atoms with van der Waals surface area (Å²) in [7, 11) is 0. The molecule has 1 heterocycles. The van der Waals surface area contributed by atoms with Gasteiger partial charge in [0.25, 0.3) is 0 Å². The molecule has 0 bridgehead atoms. The number of rotatable bonds is 3. The van der Waals surface area contributed by atoms with E-state index >= 15 is 0 Å². The van der Waals surface area contributed by atoms with Gasteiger partial charge in [-0.2, -0.15) is 0 Å². The minimum Gasteiger partial charge on any atom is -0.391 e. The maximum Gasteiger partial charge on any atom is 0.0738 e. The summed E-state index contributed by atoms with van der Waals surface area (Å²) in [5, 5.41) is 9.47. The van der Waals surface area contributed by atoms with E-state index in [4.69, 9.17) is 5.73 Å². The second-order valence-electron chi connectivity index (χ2n) is 2.95. The second-order valence-corrected chi connectivity index (χ2v) is 4.27. The molecule has 0 saturated carbocycles. The van der Waals surface area contributed by atoms with Crippen molar-refractivity contribution >= 4 is 11.3 Å². The zero-order valence-corrected chi connectivity index (χ0v) is 8.27. The molecule has 1 rings (SSSR count). The number of nitrogens with two attached hydrogens (primary N) is 1. The van der Waals surface area contributed by atoms with Crippen molar-refractivity contribution < 1.29 is 5.11 Å².